The Morgan fingerprint density at radius 3 is 2.61 bits per heavy atom. The van der Waals surface area contributed by atoms with Crippen molar-refractivity contribution in [1.29, 1.82) is 5.26 Å². The third kappa shape index (κ3) is 4.85. The van der Waals surface area contributed by atoms with Crippen molar-refractivity contribution in [1.82, 2.24) is 4.57 Å². The first-order valence-electron chi connectivity index (χ1n) is 9.03. The van der Waals surface area contributed by atoms with E-state index in [2.05, 4.69) is 21.2 Å². The number of anilines is 1. The summed E-state index contributed by atoms with van der Waals surface area (Å²) in [6, 6.07) is 15.1. The molecule has 1 N–H and O–H groups in total. The predicted molar refractivity (Wildman–Crippen MR) is 123 cm³/mol. The molecule has 0 saturated carbocycles. The number of non-ortho nitro benzene ring substituents is 1. The molecule has 0 saturated heterocycles. The number of nitro groups is 1. The third-order valence-electron chi connectivity index (χ3n) is 4.61. The van der Waals surface area contributed by atoms with Crippen LogP contribution in [0.4, 0.5) is 11.4 Å². The van der Waals surface area contributed by atoms with Crippen molar-refractivity contribution in [2.24, 2.45) is 0 Å². The van der Waals surface area contributed by atoms with E-state index in [0.29, 0.717) is 20.7 Å². The summed E-state index contributed by atoms with van der Waals surface area (Å²) in [5.41, 5.74) is 3.46. The Bertz CT molecular complexity index is 1270. The second kappa shape index (κ2) is 9.16. The summed E-state index contributed by atoms with van der Waals surface area (Å²) in [7, 11) is 0. The molecule has 9 heteroatoms. The molecule has 156 valence electrons. The van der Waals surface area contributed by atoms with Gasteiger partial charge in [-0.2, -0.15) is 5.26 Å². The Labute approximate surface area is 191 Å². The molecule has 1 amide bonds. The summed E-state index contributed by atoms with van der Waals surface area (Å²) in [4.78, 5) is 23.0. The van der Waals surface area contributed by atoms with Gasteiger partial charge in [-0.1, -0.05) is 17.7 Å². The average Bonchev–Trinajstić information content (AvgIpc) is 3.00. The molecule has 0 aliphatic heterocycles. The summed E-state index contributed by atoms with van der Waals surface area (Å²) >= 11 is 9.31. The number of aryl methyl sites for hydroxylation is 1. The molecule has 0 atom stereocenters. The molecule has 0 fully saturated rings. The first-order valence-corrected chi connectivity index (χ1v) is 10.2. The van der Waals surface area contributed by atoms with Gasteiger partial charge in [0.2, 0.25) is 0 Å². The number of carbonyl (C=O) groups is 1. The maximum atomic E-state index is 12.7. The van der Waals surface area contributed by atoms with E-state index >= 15 is 0 Å². The van der Waals surface area contributed by atoms with Crippen LogP contribution in [0.15, 0.2) is 58.6 Å². The molecule has 1 aromatic heterocycles. The Balaban J connectivity index is 1.92. The lowest BCUT2D eigenvalue weighted by molar-refractivity contribution is -0.384. The van der Waals surface area contributed by atoms with Crippen molar-refractivity contribution in [3.05, 3.63) is 90.7 Å². The molecule has 0 bridgehead atoms. The molecule has 0 radical (unpaired) electrons. The number of nitrogens with zero attached hydrogens (tertiary/aromatic N) is 3. The number of nitriles is 1. The predicted octanol–water partition coefficient (Wildman–Crippen LogP) is 5.96. The smallest absolute Gasteiger partial charge is 0.270 e. The average molecular weight is 500 g/mol. The van der Waals surface area contributed by atoms with Crippen molar-refractivity contribution >= 4 is 50.9 Å². The summed E-state index contributed by atoms with van der Waals surface area (Å²) in [5, 5.41) is 23.6. The fraction of sp³-hybridized carbons (Fsp3) is 0.0909. The van der Waals surface area contributed by atoms with Crippen LogP contribution >= 0.6 is 27.5 Å². The van der Waals surface area contributed by atoms with Gasteiger partial charge >= 0.3 is 0 Å². The van der Waals surface area contributed by atoms with Gasteiger partial charge in [-0.3, -0.25) is 14.9 Å². The van der Waals surface area contributed by atoms with Crippen molar-refractivity contribution in [2.45, 2.75) is 13.8 Å². The number of benzene rings is 2. The van der Waals surface area contributed by atoms with Gasteiger partial charge in [0, 0.05) is 38.7 Å². The SMILES string of the molecule is Cc1cc(C=C(C#N)C(=O)Nc2ccc([N+](=O)[O-])cc2Br)c(C)n1-c1cccc(Cl)c1. The highest BCUT2D eigenvalue weighted by Crippen LogP contribution is 2.28. The van der Waals surface area contributed by atoms with Gasteiger partial charge in [0.15, 0.2) is 0 Å². The minimum atomic E-state index is -0.621. The normalized spacial score (nSPS) is 11.1. The van der Waals surface area contributed by atoms with Gasteiger partial charge in [-0.15, -0.1) is 0 Å². The van der Waals surface area contributed by atoms with E-state index in [0.717, 1.165) is 17.1 Å². The van der Waals surface area contributed by atoms with Crippen LogP contribution < -0.4 is 5.32 Å². The molecule has 0 spiro atoms. The lowest BCUT2D eigenvalue weighted by atomic mass is 10.1. The molecule has 0 aliphatic rings. The van der Waals surface area contributed by atoms with Crippen LogP contribution in [0.5, 0.6) is 0 Å². The molecule has 31 heavy (non-hydrogen) atoms. The maximum absolute atomic E-state index is 12.7. The minimum absolute atomic E-state index is 0.100. The van der Waals surface area contributed by atoms with Crippen molar-refractivity contribution in [3.8, 4) is 11.8 Å². The lowest BCUT2D eigenvalue weighted by Gasteiger charge is -2.10. The second-order valence-electron chi connectivity index (χ2n) is 6.69. The molecule has 1 heterocycles. The highest BCUT2D eigenvalue weighted by molar-refractivity contribution is 9.10. The molecule has 0 aliphatic carbocycles. The highest BCUT2D eigenvalue weighted by Gasteiger charge is 2.16. The molecule has 2 aromatic carbocycles. The monoisotopic (exact) mass is 498 g/mol. The number of carbonyl (C=O) groups excluding carboxylic acids is 1. The Hall–Kier alpha value is -3.41. The van der Waals surface area contributed by atoms with Crippen LogP contribution in [0.1, 0.15) is 17.0 Å². The van der Waals surface area contributed by atoms with E-state index < -0.39 is 10.8 Å². The van der Waals surface area contributed by atoms with Gasteiger partial charge in [-0.05, 0) is 71.7 Å². The Morgan fingerprint density at radius 1 is 1.26 bits per heavy atom. The fourth-order valence-electron chi connectivity index (χ4n) is 3.16. The molecule has 3 aromatic rings. The van der Waals surface area contributed by atoms with Crippen LogP contribution in [0.3, 0.4) is 0 Å². The number of nitro benzene ring substituents is 1. The topological polar surface area (TPSA) is 101 Å². The van der Waals surface area contributed by atoms with E-state index in [1.165, 1.54) is 24.3 Å². The zero-order valence-corrected chi connectivity index (χ0v) is 18.9. The second-order valence-corrected chi connectivity index (χ2v) is 7.98. The van der Waals surface area contributed by atoms with E-state index in [1.54, 1.807) is 6.07 Å². The molecule has 7 nitrogen and oxygen atoms in total. The standard InChI is InChI=1S/C22H16BrClN4O3/c1-13-8-15(14(2)27(13)18-5-3-4-17(24)10-18)9-16(12-25)22(29)26-21-7-6-19(28(30)31)11-20(21)23/h3-11H,1-2H3,(H,26,29). The number of halogens is 2. The maximum Gasteiger partial charge on any atom is 0.270 e. The van der Waals surface area contributed by atoms with E-state index in [9.17, 15) is 20.2 Å². The van der Waals surface area contributed by atoms with Crippen molar-refractivity contribution < 1.29 is 9.72 Å². The van der Waals surface area contributed by atoms with Gasteiger partial charge in [0.05, 0.1) is 10.6 Å². The number of rotatable bonds is 5. The number of aromatic nitrogens is 1. The van der Waals surface area contributed by atoms with Gasteiger partial charge < -0.3 is 9.88 Å². The summed E-state index contributed by atoms with van der Waals surface area (Å²) in [6.45, 7) is 3.81. The number of nitrogens with one attached hydrogen (secondary N) is 1. The molecular weight excluding hydrogens is 484 g/mol. The van der Waals surface area contributed by atoms with E-state index in [4.69, 9.17) is 11.6 Å². The fourth-order valence-corrected chi connectivity index (χ4v) is 3.81. The zero-order chi connectivity index (χ0) is 22.7. The number of hydrogen-bond donors (Lipinski definition) is 1. The van der Waals surface area contributed by atoms with Crippen molar-refractivity contribution in [2.75, 3.05) is 5.32 Å². The third-order valence-corrected chi connectivity index (χ3v) is 5.50. The zero-order valence-electron chi connectivity index (χ0n) is 16.5. The number of amides is 1. The summed E-state index contributed by atoms with van der Waals surface area (Å²) in [6.07, 6.45) is 1.51. The Morgan fingerprint density at radius 2 is 2.00 bits per heavy atom. The molecule has 3 rings (SSSR count). The van der Waals surface area contributed by atoms with Crippen molar-refractivity contribution in [3.63, 3.8) is 0 Å². The largest absolute Gasteiger partial charge is 0.320 e. The van der Waals surface area contributed by atoms with Crippen LogP contribution in [0, 0.1) is 35.3 Å². The van der Waals surface area contributed by atoms with Crippen LogP contribution in [-0.2, 0) is 4.79 Å². The van der Waals surface area contributed by atoms with Crippen LogP contribution in [-0.4, -0.2) is 15.4 Å². The first-order chi connectivity index (χ1) is 14.7. The van der Waals surface area contributed by atoms with Gasteiger partial charge in [0.1, 0.15) is 11.6 Å². The van der Waals surface area contributed by atoms with Gasteiger partial charge in [0.25, 0.3) is 11.6 Å². The lowest BCUT2D eigenvalue weighted by Crippen LogP contribution is -2.14. The molecular formula is C22H16BrClN4O3. The van der Waals surface area contributed by atoms with Gasteiger partial charge in [-0.25, -0.2) is 0 Å². The van der Waals surface area contributed by atoms with Crippen LogP contribution in [0.25, 0.3) is 11.8 Å². The van der Waals surface area contributed by atoms with E-state index in [-0.39, 0.29) is 11.3 Å². The minimum Gasteiger partial charge on any atom is -0.320 e. The number of hydrogen-bond acceptors (Lipinski definition) is 4. The highest BCUT2D eigenvalue weighted by atomic mass is 79.9. The summed E-state index contributed by atoms with van der Waals surface area (Å²) in [5.74, 6) is -0.621. The Kier molecular flexibility index (Phi) is 6.59. The summed E-state index contributed by atoms with van der Waals surface area (Å²) < 4.78 is 2.32. The molecule has 0 unspecified atom stereocenters. The quantitative estimate of drug-likeness (QED) is 0.202. The van der Waals surface area contributed by atoms with E-state index in [1.807, 2.05) is 48.7 Å². The first kappa shape index (κ1) is 22.3. The van der Waals surface area contributed by atoms with Crippen LogP contribution in [0.2, 0.25) is 5.02 Å².